The maximum atomic E-state index is 13.1. The first-order valence-corrected chi connectivity index (χ1v) is 4.76. The second-order valence-corrected chi connectivity index (χ2v) is 3.55. The monoisotopic (exact) mass is 219 g/mol. The molecule has 0 bridgehead atoms. The first-order chi connectivity index (χ1) is 7.59. The van der Waals surface area contributed by atoms with Crippen molar-refractivity contribution < 1.29 is 14.3 Å². The topological polar surface area (TPSA) is 53.1 Å². The van der Waals surface area contributed by atoms with Gasteiger partial charge in [-0.1, -0.05) is 6.07 Å². The summed E-state index contributed by atoms with van der Waals surface area (Å²) in [4.78, 5) is 13.7. The summed E-state index contributed by atoms with van der Waals surface area (Å²) in [6, 6.07) is 4.53. The van der Waals surface area contributed by atoms with Gasteiger partial charge in [0, 0.05) is 18.0 Å². The predicted molar refractivity (Wildman–Crippen MR) is 57.9 cm³/mol. The number of hydrogen-bond donors (Lipinski definition) is 2. The van der Waals surface area contributed by atoms with E-state index in [2.05, 4.69) is 4.98 Å². The van der Waals surface area contributed by atoms with Gasteiger partial charge >= 0.3 is 5.97 Å². The fraction of sp³-hybridized carbons (Fsp3) is 0.0833. The van der Waals surface area contributed by atoms with Crippen molar-refractivity contribution in [3.05, 3.63) is 47.5 Å². The SMILES string of the molecule is Cc1cc(-c2c[nH]cc2C(=O)O)ccc1F. The van der Waals surface area contributed by atoms with Crippen molar-refractivity contribution in [3.63, 3.8) is 0 Å². The summed E-state index contributed by atoms with van der Waals surface area (Å²) in [7, 11) is 0. The number of halogens is 1. The molecule has 1 aromatic heterocycles. The molecule has 0 spiro atoms. The number of H-pyrrole nitrogens is 1. The Bertz CT molecular complexity index is 546. The van der Waals surface area contributed by atoms with Crippen molar-refractivity contribution in [2.24, 2.45) is 0 Å². The van der Waals surface area contributed by atoms with Gasteiger partial charge in [0.2, 0.25) is 0 Å². The third kappa shape index (κ3) is 1.69. The van der Waals surface area contributed by atoms with E-state index in [-0.39, 0.29) is 11.4 Å². The highest BCUT2D eigenvalue weighted by molar-refractivity contribution is 5.95. The second-order valence-electron chi connectivity index (χ2n) is 3.55. The Morgan fingerprint density at radius 2 is 2.12 bits per heavy atom. The second kappa shape index (κ2) is 3.81. The van der Waals surface area contributed by atoms with Crippen LogP contribution in [0.2, 0.25) is 0 Å². The molecule has 0 aliphatic heterocycles. The summed E-state index contributed by atoms with van der Waals surface area (Å²) in [5.74, 6) is -1.30. The largest absolute Gasteiger partial charge is 0.478 e. The molecule has 0 unspecified atom stereocenters. The fourth-order valence-electron chi connectivity index (χ4n) is 1.59. The van der Waals surface area contributed by atoms with Crippen LogP contribution in [0.4, 0.5) is 4.39 Å². The standard InChI is InChI=1S/C12H10FNO2/c1-7-4-8(2-3-11(7)13)9-5-14-6-10(9)12(15)16/h2-6,14H,1H3,(H,15,16). The molecule has 2 N–H and O–H groups in total. The van der Waals surface area contributed by atoms with Crippen LogP contribution in [0.3, 0.4) is 0 Å². The zero-order valence-corrected chi connectivity index (χ0v) is 8.62. The molecule has 0 radical (unpaired) electrons. The highest BCUT2D eigenvalue weighted by atomic mass is 19.1. The molecule has 82 valence electrons. The maximum absolute atomic E-state index is 13.1. The van der Waals surface area contributed by atoms with Crippen LogP contribution in [0.1, 0.15) is 15.9 Å². The van der Waals surface area contributed by atoms with Crippen LogP contribution >= 0.6 is 0 Å². The third-order valence-corrected chi connectivity index (χ3v) is 2.44. The van der Waals surface area contributed by atoms with Gasteiger partial charge in [0.25, 0.3) is 0 Å². The van der Waals surface area contributed by atoms with Crippen LogP contribution in [0, 0.1) is 12.7 Å². The number of hydrogen-bond acceptors (Lipinski definition) is 1. The number of carboxylic acid groups (broad SMARTS) is 1. The van der Waals surface area contributed by atoms with Gasteiger partial charge in [0.15, 0.2) is 0 Å². The Balaban J connectivity index is 2.54. The molecule has 1 heterocycles. The Morgan fingerprint density at radius 3 is 2.75 bits per heavy atom. The summed E-state index contributed by atoms with van der Waals surface area (Å²) in [6.07, 6.45) is 3.01. The van der Waals surface area contributed by atoms with E-state index < -0.39 is 5.97 Å². The van der Waals surface area contributed by atoms with Crippen LogP contribution in [0.25, 0.3) is 11.1 Å². The van der Waals surface area contributed by atoms with Gasteiger partial charge in [-0.2, -0.15) is 0 Å². The lowest BCUT2D eigenvalue weighted by molar-refractivity contribution is 0.0698. The first-order valence-electron chi connectivity index (χ1n) is 4.76. The normalized spacial score (nSPS) is 10.4. The highest BCUT2D eigenvalue weighted by Gasteiger charge is 2.13. The molecule has 2 aromatic rings. The van der Waals surface area contributed by atoms with Gasteiger partial charge in [-0.05, 0) is 30.2 Å². The van der Waals surface area contributed by atoms with Crippen LogP contribution in [-0.4, -0.2) is 16.1 Å². The quantitative estimate of drug-likeness (QED) is 0.815. The fourth-order valence-corrected chi connectivity index (χ4v) is 1.59. The maximum Gasteiger partial charge on any atom is 0.337 e. The number of aromatic nitrogens is 1. The molecule has 0 fully saturated rings. The molecule has 0 saturated carbocycles. The lowest BCUT2D eigenvalue weighted by atomic mass is 10.0. The summed E-state index contributed by atoms with van der Waals surface area (Å²) in [6.45, 7) is 1.64. The molecular weight excluding hydrogens is 209 g/mol. The van der Waals surface area contributed by atoms with E-state index in [1.165, 1.54) is 12.3 Å². The minimum Gasteiger partial charge on any atom is -0.478 e. The highest BCUT2D eigenvalue weighted by Crippen LogP contribution is 2.25. The van der Waals surface area contributed by atoms with Gasteiger partial charge in [-0.15, -0.1) is 0 Å². The van der Waals surface area contributed by atoms with Crippen molar-refractivity contribution >= 4 is 5.97 Å². The van der Waals surface area contributed by atoms with E-state index >= 15 is 0 Å². The van der Waals surface area contributed by atoms with E-state index in [0.717, 1.165) is 0 Å². The van der Waals surface area contributed by atoms with Gasteiger partial charge in [-0.25, -0.2) is 9.18 Å². The molecule has 3 nitrogen and oxygen atoms in total. The first kappa shape index (κ1) is 10.4. The minimum absolute atomic E-state index is 0.186. The average molecular weight is 219 g/mol. The molecule has 0 atom stereocenters. The molecule has 16 heavy (non-hydrogen) atoms. The Kier molecular flexibility index (Phi) is 2.48. The number of nitrogens with one attached hydrogen (secondary N) is 1. The summed E-state index contributed by atoms with van der Waals surface area (Å²) in [5, 5.41) is 8.95. The summed E-state index contributed by atoms with van der Waals surface area (Å²) >= 11 is 0. The number of aryl methyl sites for hydroxylation is 1. The van der Waals surface area contributed by atoms with E-state index in [0.29, 0.717) is 16.7 Å². The zero-order valence-electron chi connectivity index (χ0n) is 8.62. The number of rotatable bonds is 2. The van der Waals surface area contributed by atoms with Gasteiger partial charge < -0.3 is 10.1 Å². The number of benzene rings is 1. The minimum atomic E-state index is -1.00. The smallest absolute Gasteiger partial charge is 0.337 e. The predicted octanol–water partition coefficient (Wildman–Crippen LogP) is 2.83. The third-order valence-electron chi connectivity index (χ3n) is 2.44. The van der Waals surface area contributed by atoms with E-state index in [1.807, 2.05) is 0 Å². The van der Waals surface area contributed by atoms with Crippen molar-refractivity contribution in [1.82, 2.24) is 4.98 Å². The molecule has 1 aromatic carbocycles. The number of carboxylic acids is 1. The van der Waals surface area contributed by atoms with Crippen molar-refractivity contribution in [3.8, 4) is 11.1 Å². The van der Waals surface area contributed by atoms with Crippen molar-refractivity contribution in [2.75, 3.05) is 0 Å². The molecule has 4 heteroatoms. The molecular formula is C12H10FNO2. The molecule has 0 amide bonds. The number of aromatic amines is 1. The molecule has 2 rings (SSSR count). The van der Waals surface area contributed by atoms with Crippen LogP contribution in [0.15, 0.2) is 30.6 Å². The Morgan fingerprint density at radius 1 is 1.38 bits per heavy atom. The summed E-state index contributed by atoms with van der Waals surface area (Å²) < 4.78 is 13.1. The molecule has 0 aliphatic carbocycles. The lowest BCUT2D eigenvalue weighted by Crippen LogP contribution is -1.96. The van der Waals surface area contributed by atoms with E-state index in [4.69, 9.17) is 5.11 Å². The van der Waals surface area contributed by atoms with Crippen LogP contribution < -0.4 is 0 Å². The Hall–Kier alpha value is -2.10. The van der Waals surface area contributed by atoms with Crippen molar-refractivity contribution in [1.29, 1.82) is 0 Å². The molecule has 0 aliphatic rings. The van der Waals surface area contributed by atoms with Gasteiger partial charge in [0.1, 0.15) is 5.82 Å². The van der Waals surface area contributed by atoms with Crippen LogP contribution in [-0.2, 0) is 0 Å². The van der Waals surface area contributed by atoms with Gasteiger partial charge in [-0.3, -0.25) is 0 Å². The van der Waals surface area contributed by atoms with Crippen LogP contribution in [0.5, 0.6) is 0 Å². The Labute approximate surface area is 91.5 Å². The van der Waals surface area contributed by atoms with E-state index in [1.54, 1.807) is 25.3 Å². The average Bonchev–Trinajstić information content (AvgIpc) is 2.71. The number of aromatic carboxylic acids is 1. The van der Waals surface area contributed by atoms with Crippen molar-refractivity contribution in [2.45, 2.75) is 6.92 Å². The summed E-state index contributed by atoms with van der Waals surface area (Å²) in [5.41, 5.74) is 1.94. The lowest BCUT2D eigenvalue weighted by Gasteiger charge is -2.02. The van der Waals surface area contributed by atoms with Gasteiger partial charge in [0.05, 0.1) is 5.56 Å². The van der Waals surface area contributed by atoms with E-state index in [9.17, 15) is 9.18 Å². The molecule has 0 saturated heterocycles. The number of carbonyl (C=O) groups is 1. The zero-order chi connectivity index (χ0) is 11.7.